The van der Waals surface area contributed by atoms with Gasteiger partial charge in [-0.15, -0.1) is 0 Å². The summed E-state index contributed by atoms with van der Waals surface area (Å²) in [7, 11) is 0. The Morgan fingerprint density at radius 1 is 0.429 bits per heavy atom. The highest BCUT2D eigenvalue weighted by Gasteiger charge is 2.19. The van der Waals surface area contributed by atoms with Gasteiger partial charge in [0.05, 0.1) is 128 Å². The summed E-state index contributed by atoms with van der Waals surface area (Å²) in [4.78, 5) is 20.6. The molecule has 16 nitrogen and oxygen atoms in total. The van der Waals surface area contributed by atoms with Crippen molar-refractivity contribution in [3.63, 3.8) is 0 Å². The zero-order chi connectivity index (χ0) is 40.4. The van der Waals surface area contributed by atoms with Crippen molar-refractivity contribution in [1.82, 2.24) is 0 Å². The number of nitrogens with one attached hydrogen (secondary N) is 1. The van der Waals surface area contributed by atoms with Gasteiger partial charge in [0.2, 0.25) is 0 Å². The minimum atomic E-state index is -0.676. The molecule has 0 bridgehead atoms. The Bertz CT molecular complexity index is 1040. The number of anilines is 1. The summed E-state index contributed by atoms with van der Waals surface area (Å²) in [5.41, 5.74) is -0.512. The highest BCUT2D eigenvalue weighted by atomic mass is 16.6. The van der Waals surface area contributed by atoms with E-state index in [2.05, 4.69) is 12.2 Å². The number of ether oxygens (including phenoxy) is 9. The first kappa shape index (κ1) is 51.5. The summed E-state index contributed by atoms with van der Waals surface area (Å²) in [6.07, 6.45) is 19.1. The maximum Gasteiger partial charge on any atom is 0.299 e. The Labute approximate surface area is 335 Å². The summed E-state index contributed by atoms with van der Waals surface area (Å²) in [5, 5.41) is 24.8. The van der Waals surface area contributed by atoms with Crippen molar-refractivity contribution in [2.24, 2.45) is 0 Å². The van der Waals surface area contributed by atoms with E-state index in [4.69, 9.17) is 42.6 Å². The first-order valence-corrected chi connectivity index (χ1v) is 20.9. The minimum Gasteiger partial charge on any atom is -0.379 e. The molecular weight excluding hydrogens is 730 g/mol. The molecule has 326 valence electrons. The fourth-order valence-corrected chi connectivity index (χ4v) is 5.45. The van der Waals surface area contributed by atoms with Crippen LogP contribution in [0.2, 0.25) is 0 Å². The summed E-state index contributed by atoms with van der Waals surface area (Å²) < 4.78 is 49.6. The monoisotopic (exact) mass is 804 g/mol. The van der Waals surface area contributed by atoms with Gasteiger partial charge in [-0.25, -0.2) is 0 Å². The zero-order valence-corrected chi connectivity index (χ0v) is 34.3. The van der Waals surface area contributed by atoms with E-state index in [-0.39, 0.29) is 23.7 Å². The molecule has 0 heterocycles. The van der Waals surface area contributed by atoms with Crippen LogP contribution in [0.4, 0.5) is 17.1 Å². The predicted molar refractivity (Wildman–Crippen MR) is 216 cm³/mol. The van der Waals surface area contributed by atoms with Crippen molar-refractivity contribution in [3.8, 4) is 0 Å². The lowest BCUT2D eigenvalue weighted by Crippen LogP contribution is -2.15. The quantitative estimate of drug-likeness (QED) is 0.0388. The third kappa shape index (κ3) is 33.6. The second-order valence-electron chi connectivity index (χ2n) is 13.2. The Hall–Kier alpha value is -2.54. The first-order chi connectivity index (χ1) is 27.6. The molecule has 0 aliphatic rings. The number of nitro groups is 2. The van der Waals surface area contributed by atoms with Crippen LogP contribution in [0.3, 0.4) is 0 Å². The highest BCUT2D eigenvalue weighted by molar-refractivity contribution is 5.65. The summed E-state index contributed by atoms with van der Waals surface area (Å²) in [5.74, 6) is 0. The van der Waals surface area contributed by atoms with E-state index in [0.29, 0.717) is 112 Å². The Balaban J connectivity index is 1.68. The molecular formula is C40H73N3O13. The standard InChI is InChI=1S/C40H73N3O13/c1-2-3-4-5-6-7-8-9-10-11-12-13-14-15-19-48-21-23-50-25-27-52-29-31-54-33-35-56-36-34-55-32-30-53-28-26-51-24-22-49-20-18-41-39-17-16-38(42(44)45)37-40(39)43(46)47/h16-17,37,41H,2-15,18-36H2,1H3. The molecule has 0 aliphatic carbocycles. The lowest BCUT2D eigenvalue weighted by Gasteiger charge is -2.09. The second kappa shape index (κ2) is 40.6. The molecule has 56 heavy (non-hydrogen) atoms. The molecule has 0 fully saturated rings. The third-order valence-corrected chi connectivity index (χ3v) is 8.57. The van der Waals surface area contributed by atoms with Crippen molar-refractivity contribution >= 4 is 17.1 Å². The molecule has 1 N–H and O–H groups in total. The normalized spacial score (nSPS) is 11.4. The van der Waals surface area contributed by atoms with Crippen LogP contribution in [0, 0.1) is 20.2 Å². The summed E-state index contributed by atoms with van der Waals surface area (Å²) in [6, 6.07) is 3.44. The zero-order valence-electron chi connectivity index (χ0n) is 34.3. The van der Waals surface area contributed by atoms with Crippen molar-refractivity contribution in [1.29, 1.82) is 0 Å². The summed E-state index contributed by atoms with van der Waals surface area (Å²) >= 11 is 0. The molecule has 0 aliphatic heterocycles. The van der Waals surface area contributed by atoms with Gasteiger partial charge >= 0.3 is 0 Å². The second-order valence-corrected chi connectivity index (χ2v) is 13.2. The number of rotatable bonds is 45. The molecule has 1 rings (SSSR count). The van der Waals surface area contributed by atoms with E-state index >= 15 is 0 Å². The molecule has 0 unspecified atom stereocenters. The maximum absolute atomic E-state index is 11.2. The van der Waals surface area contributed by atoms with Crippen LogP contribution in [0.15, 0.2) is 18.2 Å². The van der Waals surface area contributed by atoms with Gasteiger partial charge in [-0.3, -0.25) is 20.2 Å². The number of hydrogen-bond donors (Lipinski definition) is 1. The van der Waals surface area contributed by atoms with Crippen molar-refractivity contribution in [2.75, 3.05) is 131 Å². The van der Waals surface area contributed by atoms with E-state index in [1.165, 1.54) is 95.6 Å². The molecule has 1 aromatic rings. The van der Waals surface area contributed by atoms with E-state index < -0.39 is 9.85 Å². The van der Waals surface area contributed by atoms with Crippen molar-refractivity contribution in [3.05, 3.63) is 38.4 Å². The molecule has 0 saturated heterocycles. The molecule has 0 atom stereocenters. The number of nitro benzene ring substituents is 2. The van der Waals surface area contributed by atoms with Crippen LogP contribution in [-0.4, -0.2) is 135 Å². The van der Waals surface area contributed by atoms with Gasteiger partial charge in [0.1, 0.15) is 5.69 Å². The Morgan fingerprint density at radius 2 is 0.750 bits per heavy atom. The number of unbranched alkanes of at least 4 members (excludes halogenated alkanes) is 13. The van der Waals surface area contributed by atoms with E-state index in [1.807, 2.05) is 0 Å². The Kier molecular flexibility index (Phi) is 37.4. The van der Waals surface area contributed by atoms with Gasteiger partial charge in [-0.1, -0.05) is 90.4 Å². The van der Waals surface area contributed by atoms with Gasteiger partial charge in [0.15, 0.2) is 0 Å². The SMILES string of the molecule is CCCCCCCCCCCCCCCCOCCOCCOCCOCCOCCOCCOCCOCCOCCNc1ccc([N+](=O)[O-])cc1[N+](=O)[O-]. The lowest BCUT2D eigenvalue weighted by atomic mass is 10.0. The van der Waals surface area contributed by atoms with Crippen LogP contribution in [-0.2, 0) is 42.6 Å². The topological polar surface area (TPSA) is 181 Å². The smallest absolute Gasteiger partial charge is 0.299 e. The average Bonchev–Trinajstić information content (AvgIpc) is 3.19. The minimum absolute atomic E-state index is 0.190. The third-order valence-electron chi connectivity index (χ3n) is 8.57. The molecule has 0 saturated carbocycles. The van der Waals surface area contributed by atoms with E-state index in [9.17, 15) is 20.2 Å². The lowest BCUT2D eigenvalue weighted by molar-refractivity contribution is -0.393. The van der Waals surface area contributed by atoms with E-state index in [0.717, 1.165) is 19.1 Å². The molecule has 0 amide bonds. The van der Waals surface area contributed by atoms with Crippen molar-refractivity contribution in [2.45, 2.75) is 96.8 Å². The first-order valence-electron chi connectivity index (χ1n) is 20.9. The highest BCUT2D eigenvalue weighted by Crippen LogP contribution is 2.28. The molecule has 0 aromatic heterocycles. The van der Waals surface area contributed by atoms with Gasteiger partial charge in [-0.2, -0.15) is 0 Å². The number of hydrogen-bond acceptors (Lipinski definition) is 14. The van der Waals surface area contributed by atoms with Gasteiger partial charge in [0.25, 0.3) is 11.4 Å². The molecule has 0 spiro atoms. The van der Waals surface area contributed by atoms with Crippen molar-refractivity contribution < 1.29 is 52.5 Å². The van der Waals surface area contributed by atoms with Crippen LogP contribution in [0.1, 0.15) is 96.8 Å². The number of nitrogens with zero attached hydrogens (tertiary/aromatic N) is 2. The number of benzene rings is 1. The fraction of sp³-hybridized carbons (Fsp3) is 0.850. The van der Waals surface area contributed by atoms with Crippen LogP contribution in [0.25, 0.3) is 0 Å². The Morgan fingerprint density at radius 3 is 1.09 bits per heavy atom. The molecule has 0 radical (unpaired) electrons. The van der Waals surface area contributed by atoms with Crippen LogP contribution in [0.5, 0.6) is 0 Å². The van der Waals surface area contributed by atoms with Crippen LogP contribution >= 0.6 is 0 Å². The maximum atomic E-state index is 11.2. The van der Waals surface area contributed by atoms with Gasteiger partial charge in [0, 0.05) is 19.2 Å². The largest absolute Gasteiger partial charge is 0.379 e. The fourth-order valence-electron chi connectivity index (χ4n) is 5.45. The van der Waals surface area contributed by atoms with Gasteiger partial charge in [-0.05, 0) is 12.5 Å². The molecule has 16 heteroatoms. The van der Waals surface area contributed by atoms with Crippen LogP contribution < -0.4 is 5.32 Å². The average molecular weight is 804 g/mol. The predicted octanol–water partition coefficient (Wildman–Crippen LogP) is 7.55. The van der Waals surface area contributed by atoms with Gasteiger partial charge < -0.3 is 47.9 Å². The summed E-state index contributed by atoms with van der Waals surface area (Å²) in [6.45, 7) is 11.4. The van der Waals surface area contributed by atoms with E-state index in [1.54, 1.807) is 0 Å². The molecule has 1 aromatic carbocycles. The number of non-ortho nitro benzene ring substituents is 1.